The molecule has 138 valence electrons. The van der Waals surface area contributed by atoms with Crippen molar-refractivity contribution in [2.45, 2.75) is 13.5 Å². The zero-order valence-electron chi connectivity index (χ0n) is 15.5. The van der Waals surface area contributed by atoms with Crippen LogP contribution in [0.15, 0.2) is 42.7 Å². The van der Waals surface area contributed by atoms with E-state index in [1.54, 1.807) is 13.4 Å². The van der Waals surface area contributed by atoms with E-state index in [2.05, 4.69) is 29.9 Å². The highest BCUT2D eigenvalue weighted by molar-refractivity contribution is 7.27. The van der Waals surface area contributed by atoms with Crippen LogP contribution in [0.3, 0.4) is 0 Å². The maximum atomic E-state index is 5.48. The number of rotatable bonds is 5. The predicted octanol–water partition coefficient (Wildman–Crippen LogP) is 2.56. The Bertz CT molecular complexity index is 1120. The summed E-state index contributed by atoms with van der Waals surface area (Å²) in [5.41, 5.74) is 4.85. The Morgan fingerprint density at radius 2 is 2.07 bits per heavy atom. The fourth-order valence-electron chi connectivity index (χ4n) is 3.26. The Kier molecular flexibility index (Phi) is 4.54. The van der Waals surface area contributed by atoms with Gasteiger partial charge < -0.3 is 10.1 Å². The molecule has 4 aromatic rings. The highest BCUT2D eigenvalue weighted by atomic mass is 31.0. The van der Waals surface area contributed by atoms with Gasteiger partial charge in [0.05, 0.1) is 18.5 Å². The summed E-state index contributed by atoms with van der Waals surface area (Å²) in [6.45, 7) is 2.61. The molecule has 0 saturated carbocycles. The van der Waals surface area contributed by atoms with Crippen molar-refractivity contribution in [3.63, 3.8) is 0 Å². The summed E-state index contributed by atoms with van der Waals surface area (Å²) in [6.07, 6.45) is 1.72. The molecule has 1 atom stereocenters. The van der Waals surface area contributed by atoms with E-state index in [0.29, 0.717) is 6.54 Å². The molecule has 3 aromatic heterocycles. The number of aryl methyl sites for hydroxylation is 2. The average molecular weight is 380 g/mol. The zero-order chi connectivity index (χ0) is 19.0. The van der Waals surface area contributed by atoms with E-state index in [-0.39, 0.29) is 0 Å². The van der Waals surface area contributed by atoms with E-state index in [1.807, 2.05) is 59.5 Å². The van der Waals surface area contributed by atoms with Crippen LogP contribution in [0.1, 0.15) is 11.3 Å². The smallest absolute Gasteiger partial charge is 0.171 e. The molecule has 0 aliphatic heterocycles. The molecule has 27 heavy (non-hydrogen) atoms. The number of pyridine rings is 1. The molecule has 7 nitrogen and oxygen atoms in total. The summed E-state index contributed by atoms with van der Waals surface area (Å²) in [6, 6.07) is 12.1. The third-order valence-corrected chi connectivity index (χ3v) is 5.11. The second-order valence-electron chi connectivity index (χ2n) is 6.33. The number of hydrogen-bond acceptors (Lipinski definition) is 5. The fourth-order valence-corrected chi connectivity index (χ4v) is 3.62. The lowest BCUT2D eigenvalue weighted by molar-refractivity contribution is 0.411. The highest BCUT2D eigenvalue weighted by Crippen LogP contribution is 2.27. The summed E-state index contributed by atoms with van der Waals surface area (Å²) in [4.78, 5) is 0. The Hall–Kier alpha value is -2.92. The van der Waals surface area contributed by atoms with Gasteiger partial charge in [0, 0.05) is 24.7 Å². The molecular formula is C19H21N6OP. The first kappa shape index (κ1) is 17.5. The van der Waals surface area contributed by atoms with Crippen molar-refractivity contribution in [1.82, 2.24) is 24.4 Å². The predicted molar refractivity (Wildman–Crippen MR) is 110 cm³/mol. The van der Waals surface area contributed by atoms with Crippen LogP contribution < -0.4 is 15.4 Å². The number of anilines is 1. The van der Waals surface area contributed by atoms with E-state index in [0.717, 1.165) is 45.0 Å². The maximum Gasteiger partial charge on any atom is 0.171 e. The van der Waals surface area contributed by atoms with E-state index in [4.69, 9.17) is 4.74 Å². The van der Waals surface area contributed by atoms with Crippen molar-refractivity contribution in [3.8, 4) is 17.0 Å². The van der Waals surface area contributed by atoms with Crippen LogP contribution in [0.25, 0.3) is 16.9 Å². The van der Waals surface area contributed by atoms with Crippen LogP contribution in [0.4, 0.5) is 5.82 Å². The highest BCUT2D eigenvalue weighted by Gasteiger charge is 2.14. The Balaban J connectivity index is 1.70. The molecule has 1 unspecified atom stereocenters. The third kappa shape index (κ3) is 3.15. The van der Waals surface area contributed by atoms with Crippen LogP contribution in [-0.2, 0) is 13.6 Å². The molecule has 1 N–H and O–H groups in total. The normalized spacial score (nSPS) is 11.1. The SMILES string of the molecule is COc1cccc(P)c1CNc1ccc(-c2cc(C)nn2C)c2nncn12. The number of benzene rings is 1. The van der Waals surface area contributed by atoms with Gasteiger partial charge >= 0.3 is 0 Å². The third-order valence-electron chi connectivity index (χ3n) is 4.57. The Morgan fingerprint density at radius 3 is 2.81 bits per heavy atom. The van der Waals surface area contributed by atoms with Gasteiger partial charge in [0.1, 0.15) is 17.9 Å². The molecule has 0 radical (unpaired) electrons. The number of ether oxygens (including phenoxy) is 1. The molecule has 8 heteroatoms. The number of aromatic nitrogens is 5. The van der Waals surface area contributed by atoms with Gasteiger partial charge in [-0.25, -0.2) is 0 Å². The minimum Gasteiger partial charge on any atom is -0.496 e. The summed E-state index contributed by atoms with van der Waals surface area (Å²) < 4.78 is 9.30. The lowest BCUT2D eigenvalue weighted by atomic mass is 10.1. The quantitative estimate of drug-likeness (QED) is 0.539. The number of nitrogens with one attached hydrogen (secondary N) is 1. The van der Waals surface area contributed by atoms with Crippen LogP contribution in [0.5, 0.6) is 5.75 Å². The minimum absolute atomic E-state index is 0.625. The molecule has 3 heterocycles. The van der Waals surface area contributed by atoms with Crippen molar-refractivity contribution in [2.75, 3.05) is 12.4 Å². The van der Waals surface area contributed by atoms with E-state index in [9.17, 15) is 0 Å². The van der Waals surface area contributed by atoms with Gasteiger partial charge in [-0.1, -0.05) is 12.1 Å². The van der Waals surface area contributed by atoms with Crippen LogP contribution in [-0.4, -0.2) is 31.5 Å². The second-order valence-corrected chi connectivity index (χ2v) is 6.95. The van der Waals surface area contributed by atoms with Gasteiger partial charge in [0.15, 0.2) is 5.65 Å². The lowest BCUT2D eigenvalue weighted by Crippen LogP contribution is -2.11. The zero-order valence-corrected chi connectivity index (χ0v) is 16.6. The largest absolute Gasteiger partial charge is 0.496 e. The van der Waals surface area contributed by atoms with Gasteiger partial charge in [0.25, 0.3) is 0 Å². The van der Waals surface area contributed by atoms with Gasteiger partial charge in [-0.2, -0.15) is 5.10 Å². The molecule has 0 spiro atoms. The fraction of sp³-hybridized carbons (Fsp3) is 0.211. The van der Waals surface area contributed by atoms with Gasteiger partial charge in [0.2, 0.25) is 0 Å². The molecule has 0 bridgehead atoms. The topological polar surface area (TPSA) is 69.3 Å². The molecule has 0 amide bonds. The lowest BCUT2D eigenvalue weighted by Gasteiger charge is -2.14. The van der Waals surface area contributed by atoms with E-state index >= 15 is 0 Å². The molecule has 4 rings (SSSR count). The monoisotopic (exact) mass is 380 g/mol. The minimum atomic E-state index is 0.625. The Labute approximate surface area is 159 Å². The van der Waals surface area contributed by atoms with Gasteiger partial charge in [-0.3, -0.25) is 9.08 Å². The number of methoxy groups -OCH3 is 1. The maximum absolute atomic E-state index is 5.48. The molecule has 0 fully saturated rings. The first-order chi connectivity index (χ1) is 13.1. The summed E-state index contributed by atoms with van der Waals surface area (Å²) in [5.74, 6) is 1.77. The molecule has 0 aliphatic rings. The van der Waals surface area contributed by atoms with Crippen LogP contribution in [0, 0.1) is 6.92 Å². The molecular weight excluding hydrogens is 359 g/mol. The van der Waals surface area contributed by atoms with Crippen LogP contribution >= 0.6 is 9.24 Å². The first-order valence-corrected chi connectivity index (χ1v) is 9.15. The van der Waals surface area contributed by atoms with Crippen molar-refractivity contribution in [3.05, 3.63) is 54.0 Å². The molecule has 1 aromatic carbocycles. The van der Waals surface area contributed by atoms with Gasteiger partial charge in [-0.05, 0) is 36.5 Å². The van der Waals surface area contributed by atoms with Crippen molar-refractivity contribution < 1.29 is 4.74 Å². The summed E-state index contributed by atoms with van der Waals surface area (Å²) in [7, 11) is 6.38. The standard InChI is InChI=1S/C19H21N6OP/c1-12-9-15(24(2)23-12)13-7-8-18(25-11-21-22-19(13)25)20-10-14-16(26-3)5-4-6-17(14)27/h4-9,11,20H,10,27H2,1-3H3. The first-order valence-electron chi connectivity index (χ1n) is 8.57. The second kappa shape index (κ2) is 7.00. The van der Waals surface area contributed by atoms with Crippen LogP contribution in [0.2, 0.25) is 0 Å². The average Bonchev–Trinajstić information content (AvgIpc) is 3.27. The van der Waals surface area contributed by atoms with Crippen molar-refractivity contribution in [2.24, 2.45) is 7.05 Å². The molecule has 0 aliphatic carbocycles. The van der Waals surface area contributed by atoms with E-state index in [1.165, 1.54) is 0 Å². The number of nitrogens with zero attached hydrogens (tertiary/aromatic N) is 5. The van der Waals surface area contributed by atoms with Crippen molar-refractivity contribution >= 4 is 26.0 Å². The number of hydrogen-bond donors (Lipinski definition) is 1. The molecule has 0 saturated heterocycles. The summed E-state index contributed by atoms with van der Waals surface area (Å²) >= 11 is 0. The number of fused-ring (bicyclic) bond motifs is 1. The Morgan fingerprint density at radius 1 is 1.22 bits per heavy atom. The summed E-state index contributed by atoms with van der Waals surface area (Å²) in [5, 5.41) is 17.4. The van der Waals surface area contributed by atoms with Crippen molar-refractivity contribution in [1.29, 1.82) is 0 Å². The van der Waals surface area contributed by atoms with Gasteiger partial charge in [-0.15, -0.1) is 19.4 Å². The van der Waals surface area contributed by atoms with E-state index < -0.39 is 0 Å².